The molecule has 0 spiro atoms. The Morgan fingerprint density at radius 2 is 0.690 bits per heavy atom. The highest BCUT2D eigenvalue weighted by Gasteiger charge is 2.26. The summed E-state index contributed by atoms with van der Waals surface area (Å²) in [5.41, 5.74) is 37.5. The van der Waals surface area contributed by atoms with Gasteiger partial charge in [-0.05, 0) is 150 Å². The lowest BCUT2D eigenvalue weighted by Crippen LogP contribution is -2.43. The zero-order chi connectivity index (χ0) is 73.5. The van der Waals surface area contributed by atoms with Gasteiger partial charge in [-0.15, -0.1) is 0 Å². The number of guanidine groups is 2. The highest BCUT2D eigenvalue weighted by Crippen LogP contribution is 2.24. The van der Waals surface area contributed by atoms with Gasteiger partial charge >= 0.3 is 0 Å². The third-order valence-corrected chi connectivity index (χ3v) is 18.3. The van der Waals surface area contributed by atoms with Gasteiger partial charge in [-0.25, -0.2) is 0 Å². The molecule has 0 aliphatic heterocycles. The Morgan fingerprint density at radius 3 is 1.03 bits per heavy atom. The Kier molecular flexibility index (Phi) is 38.3. The van der Waals surface area contributed by atoms with E-state index in [9.17, 15) is 43.2 Å². The van der Waals surface area contributed by atoms with Gasteiger partial charge in [-0.1, -0.05) is 84.4 Å². The normalized spacial score (nSPS) is 13.8. The summed E-state index contributed by atoms with van der Waals surface area (Å²) >= 11 is 0. The summed E-state index contributed by atoms with van der Waals surface area (Å²) in [6, 6.07) is 13.0. The first-order valence-corrected chi connectivity index (χ1v) is 36.2. The van der Waals surface area contributed by atoms with Crippen molar-refractivity contribution in [1.82, 2.24) is 52.5 Å². The van der Waals surface area contributed by atoms with Crippen LogP contribution in [0.4, 0.5) is 0 Å². The van der Waals surface area contributed by atoms with E-state index in [1.807, 2.05) is 102 Å². The van der Waals surface area contributed by atoms with Crippen molar-refractivity contribution in [3.8, 4) is 0 Å². The molecule has 0 radical (unpaired) electrons. The second kappa shape index (κ2) is 45.8. The van der Waals surface area contributed by atoms with Gasteiger partial charge < -0.3 is 86.9 Å². The summed E-state index contributed by atoms with van der Waals surface area (Å²) in [6.45, 7) is 14.5. The van der Waals surface area contributed by atoms with Gasteiger partial charge in [0.05, 0.1) is 0 Å². The molecule has 0 aliphatic carbocycles. The maximum absolute atomic E-state index is 14.1. The minimum absolute atomic E-state index is 0.0418. The van der Waals surface area contributed by atoms with Gasteiger partial charge in [0, 0.05) is 154 Å². The van der Waals surface area contributed by atoms with E-state index >= 15 is 0 Å². The van der Waals surface area contributed by atoms with Crippen LogP contribution < -0.4 is 76.9 Å². The fourth-order valence-corrected chi connectivity index (χ4v) is 12.5. The van der Waals surface area contributed by atoms with Crippen molar-refractivity contribution in [1.29, 1.82) is 0 Å². The van der Waals surface area contributed by atoms with Crippen molar-refractivity contribution in [3.63, 3.8) is 0 Å². The smallest absolute Gasteiger partial charge is 0.220 e. The van der Waals surface area contributed by atoms with E-state index in [4.69, 9.17) is 34.4 Å². The molecule has 0 saturated heterocycles. The van der Waals surface area contributed by atoms with Crippen LogP contribution in [0.1, 0.15) is 207 Å². The van der Waals surface area contributed by atoms with Gasteiger partial charge in [-0.3, -0.25) is 53.1 Å². The molecule has 556 valence electrons. The molecule has 22 N–H and O–H groups in total. The number of fused-ring (bicyclic) bond motifs is 2. The molecule has 27 heteroatoms. The third kappa shape index (κ3) is 34.4. The van der Waals surface area contributed by atoms with E-state index in [2.05, 4.69) is 62.5 Å². The van der Waals surface area contributed by atoms with E-state index in [0.29, 0.717) is 103 Å². The molecule has 2 aromatic carbocycles. The predicted octanol–water partition coefficient (Wildman–Crippen LogP) is 5.26. The van der Waals surface area contributed by atoms with Crippen molar-refractivity contribution >= 4 is 86.9 Å². The molecule has 4 aromatic rings. The molecule has 0 bridgehead atoms. The van der Waals surface area contributed by atoms with Gasteiger partial charge in [0.15, 0.2) is 11.9 Å². The number of primary amides is 1. The molecule has 0 saturated carbocycles. The number of hydrogen-bond donors (Lipinski definition) is 16. The zero-order valence-corrected chi connectivity index (χ0v) is 60.5. The summed E-state index contributed by atoms with van der Waals surface area (Å²) < 4.78 is 0. The molecule has 2 aromatic heterocycles. The minimum Gasteiger partial charge on any atom is -0.370 e. The Balaban J connectivity index is 1.41. The van der Waals surface area contributed by atoms with Crippen molar-refractivity contribution < 1.29 is 43.2 Å². The van der Waals surface area contributed by atoms with Crippen molar-refractivity contribution in [2.24, 2.45) is 62.1 Å². The largest absolute Gasteiger partial charge is 0.370 e. The highest BCUT2D eigenvalue weighted by atomic mass is 16.2. The van der Waals surface area contributed by atoms with E-state index in [0.717, 1.165) is 45.8 Å². The number of rotatable bonds is 51. The van der Waals surface area contributed by atoms with Crippen molar-refractivity contribution in [2.75, 3.05) is 19.6 Å². The van der Waals surface area contributed by atoms with Crippen molar-refractivity contribution in [3.05, 3.63) is 72.1 Å². The summed E-state index contributed by atoms with van der Waals surface area (Å²) in [4.78, 5) is 134. The standard InChI is InChI=1S/C73H120N18O9/c1-46(2)59(84-49(7)92)29-37-68(97)85-52(16-12-13-39-74)23-32-66(95)89-56(43-51-45-83-63-22-11-9-20-58(51)63)27-36-71(100)91-61(48(5)6)30-38-69(98)87-53(17-14-40-80-72(76)77)24-33-67(96)88-55(42-50-44-82-62-21-10-8-19-57(50)62)26-35-65(94)86-54(18-15-41-81-73(78)79)25-34-70(99)90-60(47(3)4)28-31-64(75)93/h8-11,19-22,44-48,52-56,59-61,82-83H,12-18,23-43,74H2,1-7H3,(H2,75,93)(H,84,92)(H,85,97)(H,86,94)(H,87,98)(H,88,96)(H,89,95)(H,90,99)(H,91,100)(H4,76,77,80)(H4,78,79,81). The summed E-state index contributed by atoms with van der Waals surface area (Å²) in [5.74, 6) is -2.09. The average Bonchev–Trinajstić information content (AvgIpc) is 1.69. The molecular weight excluding hydrogens is 1270 g/mol. The first-order chi connectivity index (χ1) is 47.7. The Morgan fingerprint density at radius 1 is 0.380 bits per heavy atom. The number of benzene rings is 2. The first kappa shape index (κ1) is 83.7. The van der Waals surface area contributed by atoms with Crippen LogP contribution in [0, 0.1) is 17.8 Å². The molecule has 2 heterocycles. The van der Waals surface area contributed by atoms with Gasteiger partial charge in [-0.2, -0.15) is 0 Å². The van der Waals surface area contributed by atoms with Crippen LogP contribution in [-0.4, -0.2) is 143 Å². The topological polar surface area (TPSA) is 462 Å². The van der Waals surface area contributed by atoms with Crippen LogP contribution in [0.5, 0.6) is 0 Å². The van der Waals surface area contributed by atoms with Crippen LogP contribution in [-0.2, 0) is 56.0 Å². The van der Waals surface area contributed by atoms with E-state index in [1.54, 1.807) is 0 Å². The molecule has 100 heavy (non-hydrogen) atoms. The summed E-state index contributed by atoms with van der Waals surface area (Å²) in [6.07, 6.45) is 12.7. The molecule has 0 fully saturated rings. The third-order valence-electron chi connectivity index (χ3n) is 18.3. The second-order valence-electron chi connectivity index (χ2n) is 27.8. The second-order valence-corrected chi connectivity index (χ2v) is 27.8. The average molecular weight is 1390 g/mol. The van der Waals surface area contributed by atoms with Gasteiger partial charge in [0.2, 0.25) is 53.2 Å². The van der Waals surface area contributed by atoms with Crippen LogP contribution in [0.15, 0.2) is 70.9 Å². The lowest BCUT2D eigenvalue weighted by atomic mass is 9.97. The predicted molar refractivity (Wildman–Crippen MR) is 395 cm³/mol. The highest BCUT2D eigenvalue weighted by molar-refractivity contribution is 5.85. The van der Waals surface area contributed by atoms with E-state index < -0.39 is 30.1 Å². The Bertz CT molecular complexity index is 3240. The number of carbonyl (C=O) groups excluding carboxylic acids is 9. The number of H-pyrrole nitrogens is 2. The number of aromatic nitrogens is 2. The maximum atomic E-state index is 14.1. The number of nitrogens with one attached hydrogen (secondary N) is 10. The molecule has 8 atom stereocenters. The number of para-hydroxylation sites is 2. The zero-order valence-electron chi connectivity index (χ0n) is 60.5. The molecule has 0 aliphatic rings. The number of unbranched alkanes of at least 4 members (excludes halogenated alkanes) is 1. The number of nitrogens with zero attached hydrogens (tertiary/aromatic N) is 2. The fourth-order valence-electron chi connectivity index (χ4n) is 12.5. The minimum atomic E-state index is -0.473. The van der Waals surface area contributed by atoms with E-state index in [1.165, 1.54) is 6.92 Å². The number of nitrogens with two attached hydrogens (primary N) is 6. The quantitative estimate of drug-likeness (QED) is 0.0152. The lowest BCUT2D eigenvalue weighted by Gasteiger charge is -2.25. The SMILES string of the molecule is CC(=O)NC(CCC(=O)NC(CCCCN)CCC(=O)NC(CCC(=O)NC(CCC(=O)NC(CCCN=C(N)N)CCC(=O)NC(CCC(=O)NC(CCCN=C(N)N)CCC(=O)NC(CCC(N)=O)C(C)C)Cc1c[nH]c2ccccc12)C(C)C)Cc1c[nH]c2ccccc12)C(C)C. The van der Waals surface area contributed by atoms with Crippen LogP contribution >= 0.6 is 0 Å². The van der Waals surface area contributed by atoms with Crippen molar-refractivity contribution in [2.45, 2.75) is 257 Å². The van der Waals surface area contributed by atoms with E-state index in [-0.39, 0.29) is 165 Å². The summed E-state index contributed by atoms with van der Waals surface area (Å²) in [7, 11) is 0. The summed E-state index contributed by atoms with van der Waals surface area (Å²) in [5, 5.41) is 27.0. The number of hydrogen-bond acceptors (Lipinski definition) is 12. The molecule has 9 amide bonds. The molecule has 27 nitrogen and oxygen atoms in total. The van der Waals surface area contributed by atoms with Gasteiger partial charge in [0.25, 0.3) is 0 Å². The Labute approximate surface area is 591 Å². The number of aliphatic imine (C=N–C) groups is 2. The Hall–Kier alpha value is -8.75. The van der Waals surface area contributed by atoms with Crippen LogP contribution in [0.3, 0.4) is 0 Å². The first-order valence-electron chi connectivity index (χ1n) is 36.2. The van der Waals surface area contributed by atoms with Gasteiger partial charge in [0.1, 0.15) is 0 Å². The van der Waals surface area contributed by atoms with Crippen LogP contribution in [0.2, 0.25) is 0 Å². The fraction of sp³-hybridized carbons (Fsp3) is 0.630. The molecular formula is C73H120N18O9. The molecule has 8 unspecified atom stereocenters. The monoisotopic (exact) mass is 1390 g/mol. The maximum Gasteiger partial charge on any atom is 0.220 e. The number of amides is 9. The lowest BCUT2D eigenvalue weighted by molar-refractivity contribution is -0.125. The van der Waals surface area contributed by atoms with Crippen LogP contribution in [0.25, 0.3) is 21.8 Å². The number of carbonyl (C=O) groups is 9. The molecule has 4 rings (SSSR count). The number of aromatic amines is 2.